The molecule has 0 spiro atoms. The molecule has 0 aromatic heterocycles. The molecule has 2 nitrogen and oxygen atoms in total. The van der Waals surface area contributed by atoms with Gasteiger partial charge >= 0.3 is 0 Å². The average molecular weight is 532 g/mol. The molecule has 0 bridgehead atoms. The zero-order chi connectivity index (χ0) is 25.5. The third-order valence-corrected chi connectivity index (χ3v) is 6.35. The van der Waals surface area contributed by atoms with Crippen molar-refractivity contribution >= 4 is 33.0 Å². The Morgan fingerprint density at radius 1 is 0.543 bits per heavy atom. The molecule has 3 N–H and O–H groups in total. The normalized spacial score (nSPS) is 9.86. The minimum absolute atomic E-state index is 0.984. The number of rotatable bonds is 6. The zero-order valence-corrected chi connectivity index (χ0v) is 23.1. The average Bonchev–Trinajstić information content (AvgIpc) is 2.91. The largest absolute Gasteiger partial charge is 0.398 e. The van der Waals surface area contributed by atoms with Crippen LogP contribution in [0.3, 0.4) is 0 Å². The van der Waals surface area contributed by atoms with Crippen molar-refractivity contribution < 1.29 is 0 Å². The van der Waals surface area contributed by atoms with Crippen molar-refractivity contribution in [3.63, 3.8) is 0 Å². The first-order valence-electron chi connectivity index (χ1n) is 12.5. The molecule has 0 saturated carbocycles. The van der Waals surface area contributed by atoms with Gasteiger partial charge in [0, 0.05) is 21.5 Å². The molecule has 0 aliphatic carbocycles. The van der Waals surface area contributed by atoms with E-state index in [0.29, 0.717) is 0 Å². The van der Waals surface area contributed by atoms with Crippen molar-refractivity contribution in [2.45, 2.75) is 53.4 Å². The number of nitrogens with one attached hydrogen (secondary N) is 1. The molecule has 4 aromatic carbocycles. The van der Waals surface area contributed by atoms with E-state index >= 15 is 0 Å². The number of hydrogen-bond acceptors (Lipinski definition) is 2. The summed E-state index contributed by atoms with van der Waals surface area (Å²) in [6.45, 7) is 8.66. The number of benzene rings is 4. The first kappa shape index (κ1) is 28.2. The lowest BCUT2D eigenvalue weighted by atomic mass is 10.0. The predicted molar refractivity (Wildman–Crippen MR) is 159 cm³/mol. The topological polar surface area (TPSA) is 38.0 Å². The first-order valence-corrected chi connectivity index (χ1v) is 13.3. The van der Waals surface area contributed by atoms with Crippen LogP contribution < -0.4 is 11.1 Å². The minimum atomic E-state index is 0.984. The Morgan fingerprint density at radius 2 is 0.943 bits per heavy atom. The molecule has 0 radical (unpaired) electrons. The van der Waals surface area contributed by atoms with E-state index in [1.165, 1.54) is 27.9 Å². The van der Waals surface area contributed by atoms with Gasteiger partial charge in [-0.15, -0.1) is 0 Å². The molecule has 0 heterocycles. The highest BCUT2D eigenvalue weighted by atomic mass is 79.9. The summed E-state index contributed by atoms with van der Waals surface area (Å²) in [7, 11) is 0. The Balaban J connectivity index is 0.000000205. The summed E-state index contributed by atoms with van der Waals surface area (Å²) >= 11 is 3.31. The molecule has 35 heavy (non-hydrogen) atoms. The quantitative estimate of drug-likeness (QED) is 0.243. The second-order valence-corrected chi connectivity index (χ2v) is 9.06. The maximum absolute atomic E-state index is 5.90. The lowest BCUT2D eigenvalue weighted by Gasteiger charge is -2.15. The van der Waals surface area contributed by atoms with E-state index in [9.17, 15) is 0 Å². The molecule has 184 valence electrons. The molecule has 4 aromatic rings. The number of nitrogens with two attached hydrogens (primary N) is 1. The van der Waals surface area contributed by atoms with Crippen molar-refractivity contribution in [1.29, 1.82) is 0 Å². The summed E-state index contributed by atoms with van der Waals surface area (Å²) in [5, 5.41) is 3.54. The summed E-state index contributed by atoms with van der Waals surface area (Å²) in [6, 6.07) is 33.1. The summed E-state index contributed by atoms with van der Waals surface area (Å²) < 4.78 is 1.13. The van der Waals surface area contributed by atoms with Crippen molar-refractivity contribution in [2.75, 3.05) is 11.1 Å². The van der Waals surface area contributed by atoms with E-state index in [2.05, 4.69) is 110 Å². The molecular weight excluding hydrogens is 492 g/mol. The van der Waals surface area contributed by atoms with Crippen molar-refractivity contribution in [3.8, 4) is 0 Å². The van der Waals surface area contributed by atoms with Crippen LogP contribution in [0.4, 0.5) is 17.1 Å². The van der Waals surface area contributed by atoms with Gasteiger partial charge in [0.15, 0.2) is 0 Å². The Labute approximate surface area is 220 Å². The van der Waals surface area contributed by atoms with E-state index in [1.807, 2.05) is 36.4 Å². The number of halogens is 1. The van der Waals surface area contributed by atoms with E-state index in [4.69, 9.17) is 5.73 Å². The maximum Gasteiger partial charge on any atom is 0.0449 e. The molecule has 3 heteroatoms. The molecule has 0 unspecified atom stereocenters. The lowest BCUT2D eigenvalue weighted by molar-refractivity contribution is 1.09. The Bertz CT molecular complexity index is 1080. The van der Waals surface area contributed by atoms with E-state index in [0.717, 1.165) is 41.5 Å². The third kappa shape index (κ3) is 9.26. The van der Waals surface area contributed by atoms with Gasteiger partial charge in [0.2, 0.25) is 0 Å². The van der Waals surface area contributed by atoms with Crippen LogP contribution in [0.5, 0.6) is 0 Å². The van der Waals surface area contributed by atoms with Crippen LogP contribution in [-0.2, 0) is 25.7 Å². The van der Waals surface area contributed by atoms with Gasteiger partial charge in [0.1, 0.15) is 0 Å². The Hall–Kier alpha value is -3.04. The number of nitrogen functional groups attached to an aromatic ring is 1. The molecule has 0 saturated heterocycles. The van der Waals surface area contributed by atoms with Gasteiger partial charge in [-0.1, -0.05) is 116 Å². The smallest absolute Gasteiger partial charge is 0.0449 e. The van der Waals surface area contributed by atoms with Crippen LogP contribution in [-0.4, -0.2) is 0 Å². The standard InChI is InChI=1S/C16H19N.C10H15N.C6H5Br/c1-3-13-9-8-10-14(4-2)16(13)17-15-11-6-5-7-12-15;1-3-8-6-5-7-9(4-2)10(8)11;7-6-4-2-1-3-5-6/h5-12,17H,3-4H2,1-2H3;5-7H,3-4,11H2,1-2H3;1-5H. The molecule has 0 amide bonds. The van der Waals surface area contributed by atoms with Crippen LogP contribution in [0.2, 0.25) is 0 Å². The number of anilines is 3. The second kappa shape index (κ2) is 15.8. The van der Waals surface area contributed by atoms with Crippen LogP contribution in [0.25, 0.3) is 0 Å². The van der Waals surface area contributed by atoms with E-state index in [-0.39, 0.29) is 0 Å². The zero-order valence-electron chi connectivity index (χ0n) is 21.5. The predicted octanol–water partition coefficient (Wildman–Crippen LogP) is 9.40. The third-order valence-electron chi connectivity index (χ3n) is 5.82. The summed E-state index contributed by atoms with van der Waals surface area (Å²) in [4.78, 5) is 0. The van der Waals surface area contributed by atoms with Crippen LogP contribution >= 0.6 is 15.9 Å². The number of aryl methyl sites for hydroxylation is 4. The Morgan fingerprint density at radius 3 is 1.31 bits per heavy atom. The maximum atomic E-state index is 5.90. The molecule has 0 aliphatic heterocycles. The highest BCUT2D eigenvalue weighted by Gasteiger charge is 2.05. The van der Waals surface area contributed by atoms with Gasteiger partial charge in [0.05, 0.1) is 0 Å². The second-order valence-electron chi connectivity index (χ2n) is 8.14. The van der Waals surface area contributed by atoms with E-state index < -0.39 is 0 Å². The van der Waals surface area contributed by atoms with Gasteiger partial charge in [-0.25, -0.2) is 0 Å². The highest BCUT2D eigenvalue weighted by molar-refractivity contribution is 9.10. The van der Waals surface area contributed by atoms with Gasteiger partial charge in [-0.3, -0.25) is 0 Å². The van der Waals surface area contributed by atoms with Crippen molar-refractivity contribution in [1.82, 2.24) is 0 Å². The van der Waals surface area contributed by atoms with Gasteiger partial charge in [-0.2, -0.15) is 0 Å². The summed E-state index contributed by atoms with van der Waals surface area (Å²) in [6.07, 6.45) is 4.17. The molecule has 0 fully saturated rings. The number of para-hydroxylation sites is 3. The van der Waals surface area contributed by atoms with Gasteiger partial charge < -0.3 is 11.1 Å². The molecular formula is C32H39BrN2. The van der Waals surface area contributed by atoms with Crippen LogP contribution in [0, 0.1) is 0 Å². The van der Waals surface area contributed by atoms with Crippen LogP contribution in [0.15, 0.2) is 102 Å². The van der Waals surface area contributed by atoms with Gasteiger partial charge in [0.25, 0.3) is 0 Å². The number of hydrogen-bond donors (Lipinski definition) is 2. The van der Waals surface area contributed by atoms with E-state index in [1.54, 1.807) is 0 Å². The van der Waals surface area contributed by atoms with Gasteiger partial charge in [-0.05, 0) is 72.2 Å². The SMILES string of the molecule is Brc1ccccc1.CCc1cccc(CC)c1N.CCc1cccc(CC)c1Nc1ccccc1. The highest BCUT2D eigenvalue weighted by Crippen LogP contribution is 2.26. The van der Waals surface area contributed by atoms with Crippen LogP contribution in [0.1, 0.15) is 49.9 Å². The molecule has 4 rings (SSSR count). The summed E-state index contributed by atoms with van der Waals surface area (Å²) in [5.74, 6) is 0. The van der Waals surface area contributed by atoms with Crippen molar-refractivity contribution in [3.05, 3.63) is 124 Å². The summed E-state index contributed by atoms with van der Waals surface area (Å²) in [5.41, 5.74) is 14.6. The van der Waals surface area contributed by atoms with Crippen molar-refractivity contribution in [2.24, 2.45) is 0 Å². The minimum Gasteiger partial charge on any atom is -0.398 e. The monoisotopic (exact) mass is 530 g/mol. The fraction of sp³-hybridized carbons (Fsp3) is 0.250. The first-order chi connectivity index (χ1) is 17.0. The molecule has 0 atom stereocenters. The lowest BCUT2D eigenvalue weighted by Crippen LogP contribution is -1.99. The fourth-order valence-corrected chi connectivity index (χ4v) is 4.07. The molecule has 0 aliphatic rings. The Kier molecular flexibility index (Phi) is 12.7. The fourth-order valence-electron chi connectivity index (χ4n) is 3.77.